The van der Waals surface area contributed by atoms with Crippen LogP contribution < -0.4 is 5.43 Å². The Morgan fingerprint density at radius 1 is 1.15 bits per heavy atom. The lowest BCUT2D eigenvalue weighted by molar-refractivity contribution is -0.118. The number of thioether (sulfide) groups is 1. The molecule has 7 nitrogen and oxygen atoms in total. The number of hydrazone groups is 1. The highest BCUT2D eigenvalue weighted by atomic mass is 79.9. The van der Waals surface area contributed by atoms with Crippen LogP contribution in [0, 0.1) is 12.7 Å². The van der Waals surface area contributed by atoms with E-state index in [0.717, 1.165) is 16.8 Å². The third kappa shape index (κ3) is 5.71. The van der Waals surface area contributed by atoms with Gasteiger partial charge < -0.3 is 0 Å². The fourth-order valence-electron chi connectivity index (χ4n) is 2.93. The first-order valence-corrected chi connectivity index (χ1v) is 11.6. The van der Waals surface area contributed by atoms with Gasteiger partial charge in [-0.25, -0.2) is 9.82 Å². The smallest absolute Gasteiger partial charge is 0.250 e. The van der Waals surface area contributed by atoms with E-state index in [1.165, 1.54) is 24.0 Å². The minimum Gasteiger partial charge on any atom is -0.272 e. The van der Waals surface area contributed by atoms with Gasteiger partial charge in [-0.15, -0.1) is 10.2 Å². The Morgan fingerprint density at radius 2 is 1.91 bits per heavy atom. The van der Waals surface area contributed by atoms with Gasteiger partial charge in [0.1, 0.15) is 5.82 Å². The number of hydrogen-bond donors (Lipinski definition) is 1. The van der Waals surface area contributed by atoms with Crippen LogP contribution >= 0.6 is 27.7 Å². The average molecular weight is 525 g/mol. The molecule has 0 aliphatic heterocycles. The SMILES string of the molecule is Cc1ccc(-n2c(SCC(=O)N/N=C\c3cc(Br)ccc3F)nnc2-c2ccncc2)cc1. The number of nitrogens with one attached hydrogen (secondary N) is 1. The number of pyridine rings is 1. The van der Waals surface area contributed by atoms with E-state index in [2.05, 4.69) is 41.6 Å². The molecule has 2 aromatic carbocycles. The molecule has 0 fully saturated rings. The first-order valence-electron chi connectivity index (χ1n) is 9.84. The van der Waals surface area contributed by atoms with E-state index in [1.54, 1.807) is 24.5 Å². The van der Waals surface area contributed by atoms with Crippen LogP contribution in [0.1, 0.15) is 11.1 Å². The molecule has 0 unspecified atom stereocenters. The first-order chi connectivity index (χ1) is 16.0. The maximum Gasteiger partial charge on any atom is 0.250 e. The van der Waals surface area contributed by atoms with E-state index in [0.29, 0.717) is 15.5 Å². The number of halogens is 2. The molecule has 1 amide bonds. The van der Waals surface area contributed by atoms with Crippen LogP contribution in [-0.2, 0) is 4.79 Å². The van der Waals surface area contributed by atoms with Gasteiger partial charge in [-0.3, -0.25) is 14.3 Å². The lowest BCUT2D eigenvalue weighted by Crippen LogP contribution is -2.20. The number of hydrogen-bond acceptors (Lipinski definition) is 6. The van der Waals surface area contributed by atoms with Crippen molar-refractivity contribution in [2.24, 2.45) is 5.10 Å². The molecule has 2 aromatic heterocycles. The predicted molar refractivity (Wildman–Crippen MR) is 130 cm³/mol. The van der Waals surface area contributed by atoms with Crippen molar-refractivity contribution in [2.45, 2.75) is 12.1 Å². The zero-order valence-electron chi connectivity index (χ0n) is 17.4. The van der Waals surface area contributed by atoms with Gasteiger partial charge in [-0.1, -0.05) is 45.4 Å². The summed E-state index contributed by atoms with van der Waals surface area (Å²) < 4.78 is 16.4. The highest BCUT2D eigenvalue weighted by molar-refractivity contribution is 9.10. The van der Waals surface area contributed by atoms with Gasteiger partial charge in [0.25, 0.3) is 5.91 Å². The quantitative estimate of drug-likeness (QED) is 0.213. The second kappa shape index (κ2) is 10.5. The Balaban J connectivity index is 1.50. The Bertz CT molecular complexity index is 1290. The summed E-state index contributed by atoms with van der Waals surface area (Å²) in [7, 11) is 0. The molecule has 0 saturated carbocycles. The van der Waals surface area contributed by atoms with Crippen molar-refractivity contribution in [3.8, 4) is 17.1 Å². The normalized spacial score (nSPS) is 11.1. The number of aryl methyl sites for hydroxylation is 1. The second-order valence-electron chi connectivity index (χ2n) is 6.96. The number of carbonyl (C=O) groups excluding carboxylic acids is 1. The van der Waals surface area contributed by atoms with Gasteiger partial charge in [0.05, 0.1) is 12.0 Å². The van der Waals surface area contributed by atoms with E-state index in [-0.39, 0.29) is 17.2 Å². The minimum absolute atomic E-state index is 0.0542. The average Bonchev–Trinajstić information content (AvgIpc) is 3.25. The van der Waals surface area contributed by atoms with E-state index < -0.39 is 5.82 Å². The maximum atomic E-state index is 13.8. The summed E-state index contributed by atoms with van der Waals surface area (Å²) in [5.41, 5.74) is 5.54. The largest absolute Gasteiger partial charge is 0.272 e. The minimum atomic E-state index is -0.430. The third-order valence-electron chi connectivity index (χ3n) is 4.55. The zero-order chi connectivity index (χ0) is 23.2. The molecule has 0 radical (unpaired) electrons. The Kier molecular flexibility index (Phi) is 7.26. The van der Waals surface area contributed by atoms with Crippen molar-refractivity contribution in [2.75, 3.05) is 5.75 Å². The number of aromatic nitrogens is 4. The molecular weight excluding hydrogens is 507 g/mol. The van der Waals surface area contributed by atoms with Crippen LogP contribution in [0.2, 0.25) is 0 Å². The highest BCUT2D eigenvalue weighted by Crippen LogP contribution is 2.27. The monoisotopic (exact) mass is 524 g/mol. The molecule has 0 atom stereocenters. The van der Waals surface area contributed by atoms with E-state index in [9.17, 15) is 9.18 Å². The van der Waals surface area contributed by atoms with Crippen LogP contribution in [0.3, 0.4) is 0 Å². The topological polar surface area (TPSA) is 85.1 Å². The summed E-state index contributed by atoms with van der Waals surface area (Å²) >= 11 is 4.51. The molecule has 10 heteroatoms. The van der Waals surface area contributed by atoms with Crippen molar-refractivity contribution < 1.29 is 9.18 Å². The van der Waals surface area contributed by atoms with Gasteiger partial charge in [0.15, 0.2) is 11.0 Å². The summed E-state index contributed by atoms with van der Waals surface area (Å²) in [6.45, 7) is 2.01. The van der Waals surface area contributed by atoms with Crippen molar-refractivity contribution in [1.29, 1.82) is 0 Å². The van der Waals surface area contributed by atoms with Crippen LogP contribution in [0.15, 0.2) is 81.7 Å². The highest BCUT2D eigenvalue weighted by Gasteiger charge is 2.17. The van der Waals surface area contributed by atoms with Crippen LogP contribution in [0.25, 0.3) is 17.1 Å². The molecule has 0 saturated heterocycles. The standard InChI is InChI=1S/C23H18BrFN6OS/c1-15-2-5-19(6-3-15)31-22(16-8-10-26-11-9-16)29-30-23(31)33-14-21(32)28-27-13-17-12-18(24)4-7-20(17)25/h2-13H,14H2,1H3,(H,28,32)/b27-13-. The Labute approximate surface area is 202 Å². The van der Waals surface area contributed by atoms with Crippen LogP contribution in [-0.4, -0.2) is 37.6 Å². The lowest BCUT2D eigenvalue weighted by Gasteiger charge is -2.10. The number of rotatable bonds is 7. The Hall–Kier alpha value is -3.37. The van der Waals surface area contributed by atoms with Crippen molar-refractivity contribution >= 4 is 39.8 Å². The lowest BCUT2D eigenvalue weighted by atomic mass is 10.2. The molecule has 0 aliphatic rings. The zero-order valence-corrected chi connectivity index (χ0v) is 19.8. The molecule has 33 heavy (non-hydrogen) atoms. The molecule has 0 aliphatic carbocycles. The maximum absolute atomic E-state index is 13.8. The second-order valence-corrected chi connectivity index (χ2v) is 8.82. The van der Waals surface area contributed by atoms with Crippen molar-refractivity contribution in [3.63, 3.8) is 0 Å². The third-order valence-corrected chi connectivity index (χ3v) is 5.97. The van der Waals surface area contributed by atoms with Crippen molar-refractivity contribution in [3.05, 3.63) is 88.4 Å². The summed E-state index contributed by atoms with van der Waals surface area (Å²) in [5, 5.41) is 13.0. The molecule has 0 spiro atoms. The predicted octanol–water partition coefficient (Wildman–Crippen LogP) is 4.78. The number of nitrogens with zero attached hydrogens (tertiary/aromatic N) is 5. The van der Waals surface area contributed by atoms with Gasteiger partial charge in [0.2, 0.25) is 0 Å². The summed E-state index contributed by atoms with van der Waals surface area (Å²) in [5.74, 6) is -0.0816. The molecule has 4 aromatic rings. The summed E-state index contributed by atoms with van der Waals surface area (Å²) in [6, 6.07) is 16.1. The fourth-order valence-corrected chi connectivity index (χ4v) is 4.05. The number of carbonyl (C=O) groups is 1. The number of amides is 1. The van der Waals surface area contributed by atoms with Crippen molar-refractivity contribution in [1.82, 2.24) is 25.2 Å². The molecule has 0 bridgehead atoms. The van der Waals surface area contributed by atoms with Gasteiger partial charge in [-0.05, 0) is 49.4 Å². The van der Waals surface area contributed by atoms with E-state index >= 15 is 0 Å². The van der Waals surface area contributed by atoms with E-state index in [4.69, 9.17) is 0 Å². The molecule has 4 rings (SSSR count). The van der Waals surface area contributed by atoms with Crippen LogP contribution in [0.4, 0.5) is 4.39 Å². The molecular formula is C23H18BrFN6OS. The number of benzene rings is 2. The van der Waals surface area contributed by atoms with E-state index in [1.807, 2.05) is 47.9 Å². The fraction of sp³-hybridized carbons (Fsp3) is 0.0870. The molecule has 2 heterocycles. The molecule has 1 N–H and O–H groups in total. The summed E-state index contributed by atoms with van der Waals surface area (Å²) in [4.78, 5) is 16.4. The van der Waals surface area contributed by atoms with Crippen LogP contribution in [0.5, 0.6) is 0 Å². The van der Waals surface area contributed by atoms with Gasteiger partial charge in [-0.2, -0.15) is 5.10 Å². The summed E-state index contributed by atoms with van der Waals surface area (Å²) in [6.07, 6.45) is 4.64. The van der Waals surface area contributed by atoms with Gasteiger partial charge >= 0.3 is 0 Å². The first kappa shape index (κ1) is 22.8. The molecule has 166 valence electrons. The van der Waals surface area contributed by atoms with Gasteiger partial charge in [0, 0.05) is 33.7 Å². The Morgan fingerprint density at radius 3 is 2.67 bits per heavy atom.